The van der Waals surface area contributed by atoms with Gasteiger partial charge in [-0.05, 0) is 36.5 Å². The van der Waals surface area contributed by atoms with Gasteiger partial charge >= 0.3 is 0 Å². The average molecular weight is 187 g/mol. The standard InChI is InChI=1S/C9H8Cl2/c10-8-5-4-6-2-1-3-7(6)9(8)11/h4-5H,1-3H2. The molecule has 0 saturated carbocycles. The molecule has 0 N–H and O–H groups in total. The molecule has 1 aromatic rings. The van der Waals surface area contributed by atoms with Crippen molar-refractivity contribution in [2.24, 2.45) is 0 Å². The van der Waals surface area contributed by atoms with Crippen LogP contribution < -0.4 is 0 Å². The molecule has 0 saturated heterocycles. The Morgan fingerprint density at radius 1 is 1.09 bits per heavy atom. The normalized spacial score (nSPS) is 15.1. The molecule has 1 aliphatic rings. The summed E-state index contributed by atoms with van der Waals surface area (Å²) in [5.74, 6) is 0. The number of benzene rings is 1. The van der Waals surface area contributed by atoms with Gasteiger partial charge in [-0.15, -0.1) is 0 Å². The minimum absolute atomic E-state index is 0.687. The van der Waals surface area contributed by atoms with E-state index in [0.717, 1.165) is 17.9 Å². The van der Waals surface area contributed by atoms with Crippen molar-refractivity contribution in [2.45, 2.75) is 19.3 Å². The van der Waals surface area contributed by atoms with E-state index in [1.54, 1.807) is 0 Å². The lowest BCUT2D eigenvalue weighted by atomic mass is 10.1. The van der Waals surface area contributed by atoms with Gasteiger partial charge in [-0.25, -0.2) is 0 Å². The highest BCUT2D eigenvalue weighted by Gasteiger charge is 2.15. The Labute approximate surface area is 76.1 Å². The summed E-state index contributed by atoms with van der Waals surface area (Å²) >= 11 is 11.9. The molecule has 0 heterocycles. The van der Waals surface area contributed by atoms with Gasteiger partial charge in [-0.3, -0.25) is 0 Å². The molecule has 0 fully saturated rings. The third-order valence-electron chi connectivity index (χ3n) is 2.17. The van der Waals surface area contributed by atoms with Crippen molar-refractivity contribution in [3.8, 4) is 0 Å². The molecule has 0 bridgehead atoms. The van der Waals surface area contributed by atoms with E-state index in [4.69, 9.17) is 23.2 Å². The number of aryl methyl sites for hydroxylation is 1. The van der Waals surface area contributed by atoms with Crippen LogP contribution in [0.15, 0.2) is 12.1 Å². The summed E-state index contributed by atoms with van der Waals surface area (Å²) in [5, 5.41) is 1.45. The van der Waals surface area contributed by atoms with Gasteiger partial charge < -0.3 is 0 Å². The van der Waals surface area contributed by atoms with Gasteiger partial charge in [0.2, 0.25) is 0 Å². The maximum absolute atomic E-state index is 6.01. The maximum Gasteiger partial charge on any atom is 0.0627 e. The molecule has 1 aliphatic carbocycles. The van der Waals surface area contributed by atoms with Crippen molar-refractivity contribution < 1.29 is 0 Å². The Morgan fingerprint density at radius 3 is 2.73 bits per heavy atom. The fourth-order valence-corrected chi connectivity index (χ4v) is 2.05. The first-order valence-corrected chi connectivity index (χ1v) is 4.50. The van der Waals surface area contributed by atoms with Gasteiger partial charge in [0.1, 0.15) is 0 Å². The predicted molar refractivity (Wildman–Crippen MR) is 48.5 cm³/mol. The molecule has 0 amide bonds. The van der Waals surface area contributed by atoms with Crippen LogP contribution >= 0.6 is 23.2 Å². The summed E-state index contributed by atoms with van der Waals surface area (Å²) in [5.41, 5.74) is 2.64. The van der Waals surface area contributed by atoms with E-state index in [9.17, 15) is 0 Å². The van der Waals surface area contributed by atoms with Crippen molar-refractivity contribution in [1.82, 2.24) is 0 Å². The van der Waals surface area contributed by atoms with Crippen molar-refractivity contribution in [2.75, 3.05) is 0 Å². The van der Waals surface area contributed by atoms with Gasteiger partial charge in [0, 0.05) is 0 Å². The van der Waals surface area contributed by atoms with Crippen LogP contribution in [0.5, 0.6) is 0 Å². The van der Waals surface area contributed by atoms with Crippen LogP contribution in [0.4, 0.5) is 0 Å². The van der Waals surface area contributed by atoms with Gasteiger partial charge in [-0.2, -0.15) is 0 Å². The fourth-order valence-electron chi connectivity index (χ4n) is 1.59. The molecule has 0 unspecified atom stereocenters. The van der Waals surface area contributed by atoms with Crippen LogP contribution in [-0.4, -0.2) is 0 Å². The second-order valence-corrected chi connectivity index (χ2v) is 3.64. The van der Waals surface area contributed by atoms with Crippen LogP contribution in [0.1, 0.15) is 17.5 Å². The Hall–Kier alpha value is -0.200. The Balaban J connectivity index is 2.62. The Kier molecular flexibility index (Phi) is 1.82. The SMILES string of the molecule is Clc1ccc2c(c1Cl)CCC2. The van der Waals surface area contributed by atoms with E-state index in [0.29, 0.717) is 5.02 Å². The lowest BCUT2D eigenvalue weighted by molar-refractivity contribution is 0.912. The van der Waals surface area contributed by atoms with Gasteiger partial charge in [-0.1, -0.05) is 29.3 Å². The summed E-state index contributed by atoms with van der Waals surface area (Å²) in [6, 6.07) is 3.96. The molecule has 0 nitrogen and oxygen atoms in total. The van der Waals surface area contributed by atoms with Crippen LogP contribution in [-0.2, 0) is 12.8 Å². The number of rotatable bonds is 0. The minimum atomic E-state index is 0.687. The monoisotopic (exact) mass is 186 g/mol. The van der Waals surface area contributed by atoms with E-state index in [2.05, 4.69) is 6.07 Å². The van der Waals surface area contributed by atoms with E-state index in [1.165, 1.54) is 17.5 Å². The zero-order valence-corrected chi connectivity index (χ0v) is 7.54. The summed E-state index contributed by atoms with van der Waals surface area (Å²) in [7, 11) is 0. The Bertz CT molecular complexity index is 292. The third-order valence-corrected chi connectivity index (χ3v) is 3.01. The minimum Gasteiger partial charge on any atom is -0.0827 e. The third kappa shape index (κ3) is 1.15. The highest BCUT2D eigenvalue weighted by atomic mass is 35.5. The highest BCUT2D eigenvalue weighted by molar-refractivity contribution is 6.42. The lowest BCUT2D eigenvalue weighted by Crippen LogP contribution is -1.83. The molecule has 11 heavy (non-hydrogen) atoms. The first-order valence-electron chi connectivity index (χ1n) is 3.75. The first-order chi connectivity index (χ1) is 5.29. The second kappa shape index (κ2) is 2.69. The van der Waals surface area contributed by atoms with E-state index < -0.39 is 0 Å². The van der Waals surface area contributed by atoms with Crippen molar-refractivity contribution >= 4 is 23.2 Å². The molecule has 1 aromatic carbocycles. The van der Waals surface area contributed by atoms with E-state index in [-0.39, 0.29) is 0 Å². The van der Waals surface area contributed by atoms with Crippen LogP contribution in [0.25, 0.3) is 0 Å². The molecule has 0 spiro atoms. The van der Waals surface area contributed by atoms with Crippen molar-refractivity contribution in [3.63, 3.8) is 0 Å². The summed E-state index contributed by atoms with van der Waals surface area (Å²) in [6.45, 7) is 0. The largest absolute Gasteiger partial charge is 0.0827 e. The Morgan fingerprint density at radius 2 is 1.91 bits per heavy atom. The first kappa shape index (κ1) is 7.45. The number of hydrogen-bond donors (Lipinski definition) is 0. The van der Waals surface area contributed by atoms with Crippen LogP contribution in [0, 0.1) is 0 Å². The molecular formula is C9H8Cl2. The second-order valence-electron chi connectivity index (χ2n) is 2.85. The molecule has 0 aromatic heterocycles. The molecule has 0 aliphatic heterocycles. The van der Waals surface area contributed by atoms with Gasteiger partial charge in [0.05, 0.1) is 10.0 Å². The highest BCUT2D eigenvalue weighted by Crippen LogP contribution is 2.33. The van der Waals surface area contributed by atoms with Crippen molar-refractivity contribution in [1.29, 1.82) is 0 Å². The zero-order chi connectivity index (χ0) is 7.84. The van der Waals surface area contributed by atoms with E-state index in [1.807, 2.05) is 6.07 Å². The predicted octanol–water partition coefficient (Wildman–Crippen LogP) is 3.48. The number of hydrogen-bond acceptors (Lipinski definition) is 0. The average Bonchev–Trinajstić information content (AvgIpc) is 2.45. The van der Waals surface area contributed by atoms with E-state index >= 15 is 0 Å². The fraction of sp³-hybridized carbons (Fsp3) is 0.333. The molecule has 2 rings (SSSR count). The topological polar surface area (TPSA) is 0 Å². The van der Waals surface area contributed by atoms with Crippen LogP contribution in [0.2, 0.25) is 10.0 Å². The smallest absolute Gasteiger partial charge is 0.0627 e. The summed E-state index contributed by atoms with van der Waals surface area (Å²) in [4.78, 5) is 0. The number of fused-ring (bicyclic) bond motifs is 1. The molecule has 0 atom stereocenters. The molecule has 0 radical (unpaired) electrons. The van der Waals surface area contributed by atoms with Crippen molar-refractivity contribution in [3.05, 3.63) is 33.3 Å². The summed E-state index contributed by atoms with van der Waals surface area (Å²) in [6.07, 6.45) is 3.47. The van der Waals surface area contributed by atoms with Gasteiger partial charge in [0.25, 0.3) is 0 Å². The summed E-state index contributed by atoms with van der Waals surface area (Å²) < 4.78 is 0. The zero-order valence-electron chi connectivity index (χ0n) is 6.03. The van der Waals surface area contributed by atoms with Gasteiger partial charge in [0.15, 0.2) is 0 Å². The maximum atomic E-state index is 6.01. The number of halogens is 2. The molecule has 58 valence electrons. The molecular weight excluding hydrogens is 179 g/mol. The quantitative estimate of drug-likeness (QED) is 0.583. The lowest BCUT2D eigenvalue weighted by Gasteiger charge is -2.02. The van der Waals surface area contributed by atoms with Crippen LogP contribution in [0.3, 0.4) is 0 Å². The molecule has 2 heteroatoms.